The van der Waals surface area contributed by atoms with E-state index in [0.717, 1.165) is 41.6 Å². The van der Waals surface area contributed by atoms with Crippen LogP contribution in [0.1, 0.15) is 31.8 Å². The molecule has 0 amide bonds. The van der Waals surface area contributed by atoms with Crippen LogP contribution in [0.3, 0.4) is 0 Å². The summed E-state index contributed by atoms with van der Waals surface area (Å²) in [4.78, 5) is 43.4. The number of carbonyl (C=O) groups excluding carboxylic acids is 2. The van der Waals surface area contributed by atoms with Crippen molar-refractivity contribution in [3.05, 3.63) is 138 Å². The molecule has 0 saturated heterocycles. The summed E-state index contributed by atoms with van der Waals surface area (Å²) in [5, 5.41) is 25.1. The number of allylic oxidation sites excluding steroid dienone is 4. The minimum absolute atomic E-state index is 0.0810. The standard InChI is InChI=1S/C44H22N8O2S2/c1-47-29(19-45)37-23-9-5-7-11-25(23)41(53)39(37)49-35-17-33-43(55-35)27-13-21-16-32-28(14-22(21)15-31(27)51(33)3)44-34(52(32)4)18-36(56-44)50-40-38(30(20-46)48-2)24-10-6-8-12-26(24)42(40)54/h5-18,21-22H,3-4H3/b37-29+,38-30?,49-39?,50-40?. The third kappa shape index (κ3) is 4.49. The van der Waals surface area contributed by atoms with Gasteiger partial charge < -0.3 is 9.13 Å². The Labute approximate surface area is 325 Å². The van der Waals surface area contributed by atoms with Gasteiger partial charge in [0.25, 0.3) is 11.4 Å². The first-order chi connectivity index (χ1) is 27.2. The summed E-state index contributed by atoms with van der Waals surface area (Å²) in [6, 6.07) is 21.8. The Bertz CT molecular complexity index is 3230. The van der Waals surface area contributed by atoms with Gasteiger partial charge in [0, 0.05) is 69.3 Å². The van der Waals surface area contributed by atoms with E-state index in [1.807, 2.05) is 38.4 Å². The van der Waals surface area contributed by atoms with E-state index in [0.29, 0.717) is 32.3 Å². The highest BCUT2D eigenvalue weighted by molar-refractivity contribution is 7.23. The second-order valence-electron chi connectivity index (χ2n) is 13.7. The molecule has 6 aromatic rings. The molecule has 262 valence electrons. The molecule has 4 heterocycles. The number of Topliss-reactive ketones (excluding diaryl/α,β-unsaturated/α-hetero) is 2. The Balaban J connectivity index is 1.06. The molecule has 56 heavy (non-hydrogen) atoms. The van der Waals surface area contributed by atoms with Crippen LogP contribution < -0.4 is 21.1 Å². The zero-order valence-electron chi connectivity index (χ0n) is 29.4. The molecular formula is C44H22N8O2S2. The molecule has 12 heteroatoms. The quantitative estimate of drug-likeness (QED) is 0.156. The van der Waals surface area contributed by atoms with Crippen LogP contribution in [-0.2, 0) is 14.1 Å². The third-order valence-electron chi connectivity index (χ3n) is 10.9. The number of benzene rings is 2. The molecule has 0 radical (unpaired) electrons. The van der Waals surface area contributed by atoms with Crippen LogP contribution in [0, 0.1) is 47.6 Å². The lowest BCUT2D eigenvalue weighted by Crippen LogP contribution is -2.39. The van der Waals surface area contributed by atoms with Gasteiger partial charge in [-0.05, 0) is 23.3 Å². The van der Waals surface area contributed by atoms with Crippen molar-refractivity contribution in [3.63, 3.8) is 0 Å². The number of fused-ring (bicyclic) bond motifs is 9. The topological polar surface area (TPSA) is 125 Å². The lowest BCUT2D eigenvalue weighted by molar-refractivity contribution is 0.106. The Kier molecular flexibility index (Phi) is 7.10. The van der Waals surface area contributed by atoms with E-state index in [1.54, 1.807) is 48.5 Å². The number of ketones is 2. The zero-order chi connectivity index (χ0) is 38.6. The smallest absolute Gasteiger partial charge is 0.271 e. The van der Waals surface area contributed by atoms with Crippen molar-refractivity contribution in [2.24, 2.45) is 35.9 Å². The summed E-state index contributed by atoms with van der Waals surface area (Å²) in [6.45, 7) is 15.2. The van der Waals surface area contributed by atoms with E-state index in [2.05, 4.69) is 43.1 Å². The van der Waals surface area contributed by atoms with Crippen LogP contribution >= 0.6 is 22.7 Å². The van der Waals surface area contributed by atoms with Gasteiger partial charge in [0.1, 0.15) is 21.4 Å². The molecule has 10 nitrogen and oxygen atoms in total. The van der Waals surface area contributed by atoms with Crippen molar-refractivity contribution in [2.45, 2.75) is 0 Å². The molecule has 2 unspecified atom stereocenters. The maximum Gasteiger partial charge on any atom is 0.271 e. The number of thiophene rings is 2. The normalized spacial score (nSPS) is 20.7. The van der Waals surface area contributed by atoms with E-state index in [4.69, 9.17) is 23.1 Å². The van der Waals surface area contributed by atoms with Gasteiger partial charge in [-0.15, -0.1) is 22.7 Å². The number of aliphatic imine (C=N–C) groups is 2. The molecule has 4 aliphatic rings. The minimum atomic E-state index is -0.299. The average Bonchev–Trinajstić information content (AvgIpc) is 4.04. The van der Waals surface area contributed by atoms with E-state index < -0.39 is 0 Å². The van der Waals surface area contributed by atoms with Crippen molar-refractivity contribution >= 4 is 112 Å². The summed E-state index contributed by atoms with van der Waals surface area (Å²) in [5.41, 5.74) is 4.40. The largest absolute Gasteiger partial charge is 0.343 e. The summed E-state index contributed by atoms with van der Waals surface area (Å²) in [7, 11) is 4.04. The monoisotopic (exact) mass is 758 g/mol. The molecule has 2 aromatic carbocycles. The van der Waals surface area contributed by atoms with Crippen molar-refractivity contribution < 1.29 is 9.59 Å². The predicted molar refractivity (Wildman–Crippen MR) is 219 cm³/mol. The number of nitrogens with zero attached hydrogens (tertiary/aromatic N) is 8. The van der Waals surface area contributed by atoms with Crippen LogP contribution in [0.15, 0.2) is 82.0 Å². The number of rotatable bonds is 2. The highest BCUT2D eigenvalue weighted by Crippen LogP contribution is 2.39. The minimum Gasteiger partial charge on any atom is -0.343 e. The van der Waals surface area contributed by atoms with E-state index in [9.17, 15) is 20.1 Å². The fourth-order valence-electron chi connectivity index (χ4n) is 8.32. The van der Waals surface area contributed by atoms with Gasteiger partial charge in [0.2, 0.25) is 11.6 Å². The first kappa shape index (κ1) is 33.1. The van der Waals surface area contributed by atoms with Crippen LogP contribution in [-0.4, -0.2) is 32.1 Å². The van der Waals surface area contributed by atoms with Gasteiger partial charge >= 0.3 is 0 Å². The Hall–Kier alpha value is -7.48. The van der Waals surface area contributed by atoms with Crippen LogP contribution in [0.4, 0.5) is 10.0 Å². The lowest BCUT2D eigenvalue weighted by atomic mass is 9.84. The SMILES string of the molecule is [C-]#[N+]C(C#N)=C1C(=Nc2cc3c(s2)c2c(n3C)=CC3C=c4c(n(C)c5cc(N=C6C(=O)c7ccccc7/C6=C(/C#N)[N+]#[C-])sc45)=CC3C=2)C(=O)c2ccccc21. The van der Waals surface area contributed by atoms with Crippen molar-refractivity contribution in [1.29, 1.82) is 10.5 Å². The second kappa shape index (κ2) is 12.0. The average molecular weight is 759 g/mol. The molecule has 4 aliphatic carbocycles. The Morgan fingerprint density at radius 3 is 1.43 bits per heavy atom. The highest BCUT2D eigenvalue weighted by Gasteiger charge is 2.35. The molecule has 0 saturated carbocycles. The Morgan fingerprint density at radius 1 is 0.661 bits per heavy atom. The van der Waals surface area contributed by atoms with Gasteiger partial charge in [-0.1, -0.05) is 72.8 Å². The number of hydrogen-bond acceptors (Lipinski definition) is 8. The number of aromatic nitrogens is 2. The second-order valence-corrected chi connectivity index (χ2v) is 15.8. The summed E-state index contributed by atoms with van der Waals surface area (Å²) in [6.07, 6.45) is 9.17. The van der Waals surface area contributed by atoms with Gasteiger partial charge in [0.15, 0.2) is 0 Å². The fraction of sp³-hybridized carbons (Fsp3) is 0.0909. The van der Waals surface area contributed by atoms with E-state index >= 15 is 0 Å². The summed E-state index contributed by atoms with van der Waals surface area (Å²) < 4.78 is 6.37. The first-order valence-electron chi connectivity index (χ1n) is 17.4. The molecular weight excluding hydrogens is 737 g/mol. The fourth-order valence-corrected chi connectivity index (χ4v) is 10.5. The van der Waals surface area contributed by atoms with Gasteiger partial charge in [0.05, 0.1) is 45.7 Å². The number of nitriles is 2. The molecule has 0 bridgehead atoms. The number of aryl methyl sites for hydroxylation is 2. The number of carbonyl (C=O) groups is 2. The van der Waals surface area contributed by atoms with E-state index in [1.165, 1.54) is 22.7 Å². The zero-order valence-corrected chi connectivity index (χ0v) is 31.1. The lowest BCUT2D eigenvalue weighted by Gasteiger charge is -2.21. The van der Waals surface area contributed by atoms with E-state index in [-0.39, 0.29) is 57.4 Å². The summed E-state index contributed by atoms with van der Waals surface area (Å²) in [5.74, 6) is -0.436. The van der Waals surface area contributed by atoms with Crippen LogP contribution in [0.25, 0.3) is 65.6 Å². The Morgan fingerprint density at radius 2 is 1.05 bits per heavy atom. The molecule has 0 fully saturated rings. The highest BCUT2D eigenvalue weighted by atomic mass is 32.1. The van der Waals surface area contributed by atoms with Gasteiger partial charge in [-0.2, -0.15) is 0 Å². The van der Waals surface area contributed by atoms with Crippen molar-refractivity contribution in [1.82, 2.24) is 9.13 Å². The maximum absolute atomic E-state index is 13.5. The van der Waals surface area contributed by atoms with Crippen LogP contribution in [0.5, 0.6) is 0 Å². The molecule has 2 atom stereocenters. The van der Waals surface area contributed by atoms with Gasteiger partial charge in [-0.3, -0.25) is 9.59 Å². The van der Waals surface area contributed by atoms with Crippen molar-refractivity contribution in [3.8, 4) is 12.1 Å². The van der Waals surface area contributed by atoms with Crippen molar-refractivity contribution in [2.75, 3.05) is 0 Å². The maximum atomic E-state index is 13.5. The summed E-state index contributed by atoms with van der Waals surface area (Å²) >= 11 is 2.96. The molecule has 0 aliphatic heterocycles. The van der Waals surface area contributed by atoms with Gasteiger partial charge in [-0.25, -0.2) is 30.2 Å². The third-order valence-corrected chi connectivity index (χ3v) is 13.0. The van der Waals surface area contributed by atoms with Crippen LogP contribution in [0.2, 0.25) is 0 Å². The number of hydrogen-bond donors (Lipinski definition) is 0. The molecule has 4 aromatic heterocycles. The molecule has 10 rings (SSSR count). The molecule has 0 spiro atoms. The molecule has 0 N–H and O–H groups in total. The predicted octanol–water partition coefficient (Wildman–Crippen LogP) is 6.12. The first-order valence-corrected chi connectivity index (χ1v) is 19.0.